The van der Waals surface area contributed by atoms with Gasteiger partial charge in [0.05, 0.1) is 6.61 Å². The molecule has 0 spiro atoms. The maximum absolute atomic E-state index is 5.41. The van der Waals surface area contributed by atoms with Gasteiger partial charge >= 0.3 is 0 Å². The van der Waals surface area contributed by atoms with Gasteiger partial charge in [-0.15, -0.1) is 0 Å². The lowest BCUT2D eigenvalue weighted by Crippen LogP contribution is -2.23. The molecule has 0 saturated heterocycles. The van der Waals surface area contributed by atoms with Gasteiger partial charge in [-0.2, -0.15) is 4.98 Å². The van der Waals surface area contributed by atoms with E-state index in [9.17, 15) is 0 Å². The predicted octanol–water partition coefficient (Wildman–Crippen LogP) is 1.94. The summed E-state index contributed by atoms with van der Waals surface area (Å²) in [5.41, 5.74) is 0. The summed E-state index contributed by atoms with van der Waals surface area (Å²) in [4.78, 5) is 10.8. The van der Waals surface area contributed by atoms with Crippen molar-refractivity contribution < 1.29 is 4.74 Å². The highest BCUT2D eigenvalue weighted by molar-refractivity contribution is 5.39. The minimum atomic E-state index is 0.371. The van der Waals surface area contributed by atoms with Crippen LogP contribution in [0.1, 0.15) is 26.1 Å². The lowest BCUT2D eigenvalue weighted by molar-refractivity contribution is 0.325. The SMILES string of the molecule is CCOc1cc(NC(C)CCN(C)C)nc(C)n1. The Kier molecular flexibility index (Phi) is 5.85. The van der Waals surface area contributed by atoms with Crippen molar-refractivity contribution in [3.8, 4) is 5.88 Å². The van der Waals surface area contributed by atoms with Crippen LogP contribution in [0.4, 0.5) is 5.82 Å². The standard InChI is InChI=1S/C13H24N4O/c1-6-18-13-9-12(15-11(3)16-13)14-10(2)7-8-17(4)5/h9-10H,6-8H2,1-5H3,(H,14,15,16). The maximum atomic E-state index is 5.41. The Bertz CT molecular complexity index is 368. The number of anilines is 1. The molecule has 0 aromatic carbocycles. The third-order valence-electron chi connectivity index (χ3n) is 2.51. The van der Waals surface area contributed by atoms with E-state index in [4.69, 9.17) is 4.74 Å². The summed E-state index contributed by atoms with van der Waals surface area (Å²) in [5, 5.41) is 3.38. The Morgan fingerprint density at radius 2 is 2.11 bits per heavy atom. The Labute approximate surface area is 110 Å². The van der Waals surface area contributed by atoms with E-state index in [2.05, 4.69) is 41.2 Å². The number of nitrogens with one attached hydrogen (secondary N) is 1. The van der Waals surface area contributed by atoms with Crippen molar-refractivity contribution in [2.45, 2.75) is 33.2 Å². The van der Waals surface area contributed by atoms with Crippen LogP contribution in [0.5, 0.6) is 5.88 Å². The van der Waals surface area contributed by atoms with Crippen LogP contribution in [0.2, 0.25) is 0 Å². The molecule has 1 atom stereocenters. The van der Waals surface area contributed by atoms with Gasteiger partial charge < -0.3 is 15.0 Å². The lowest BCUT2D eigenvalue weighted by Gasteiger charge is -2.17. The van der Waals surface area contributed by atoms with Crippen LogP contribution < -0.4 is 10.1 Å². The van der Waals surface area contributed by atoms with Crippen molar-refractivity contribution in [2.24, 2.45) is 0 Å². The van der Waals surface area contributed by atoms with Crippen LogP contribution >= 0.6 is 0 Å². The van der Waals surface area contributed by atoms with Gasteiger partial charge in [0.25, 0.3) is 0 Å². The topological polar surface area (TPSA) is 50.3 Å². The maximum Gasteiger partial charge on any atom is 0.218 e. The van der Waals surface area contributed by atoms with Crippen LogP contribution in [-0.2, 0) is 0 Å². The average Bonchev–Trinajstić information content (AvgIpc) is 2.26. The highest BCUT2D eigenvalue weighted by Crippen LogP contribution is 2.14. The molecule has 102 valence electrons. The minimum Gasteiger partial charge on any atom is -0.478 e. The van der Waals surface area contributed by atoms with Gasteiger partial charge in [0.15, 0.2) is 0 Å². The first kappa shape index (κ1) is 14.7. The number of ether oxygens (including phenoxy) is 1. The van der Waals surface area contributed by atoms with Crippen molar-refractivity contribution in [2.75, 3.05) is 32.6 Å². The number of rotatable bonds is 7. The Hall–Kier alpha value is -1.36. The number of hydrogen-bond acceptors (Lipinski definition) is 5. The molecule has 0 aliphatic heterocycles. The molecule has 0 bridgehead atoms. The monoisotopic (exact) mass is 252 g/mol. The number of aryl methyl sites for hydroxylation is 1. The van der Waals surface area contributed by atoms with E-state index in [1.807, 2.05) is 19.9 Å². The summed E-state index contributed by atoms with van der Waals surface area (Å²) >= 11 is 0. The molecule has 1 heterocycles. The second-order valence-corrected chi connectivity index (χ2v) is 4.71. The van der Waals surface area contributed by atoms with E-state index < -0.39 is 0 Å². The first-order chi connectivity index (χ1) is 8.51. The van der Waals surface area contributed by atoms with Gasteiger partial charge in [-0.05, 0) is 47.8 Å². The summed E-state index contributed by atoms with van der Waals surface area (Å²) in [7, 11) is 4.16. The first-order valence-electron chi connectivity index (χ1n) is 6.41. The third kappa shape index (κ3) is 5.31. The largest absolute Gasteiger partial charge is 0.478 e. The highest BCUT2D eigenvalue weighted by atomic mass is 16.5. The Balaban J connectivity index is 2.60. The van der Waals surface area contributed by atoms with Crippen molar-refractivity contribution in [1.29, 1.82) is 0 Å². The second kappa shape index (κ2) is 7.16. The molecule has 1 N–H and O–H groups in total. The van der Waals surface area contributed by atoms with Gasteiger partial charge in [0.2, 0.25) is 5.88 Å². The molecule has 1 aromatic heterocycles. The Morgan fingerprint density at radius 1 is 1.39 bits per heavy atom. The van der Waals surface area contributed by atoms with Crippen LogP contribution in [0.25, 0.3) is 0 Å². The van der Waals surface area contributed by atoms with E-state index in [0.29, 0.717) is 18.5 Å². The molecular weight excluding hydrogens is 228 g/mol. The van der Waals surface area contributed by atoms with Crippen LogP contribution in [0.15, 0.2) is 6.07 Å². The molecule has 0 aliphatic rings. The van der Waals surface area contributed by atoms with Crippen molar-refractivity contribution >= 4 is 5.82 Å². The Morgan fingerprint density at radius 3 is 2.72 bits per heavy atom. The normalized spacial score (nSPS) is 12.6. The fraction of sp³-hybridized carbons (Fsp3) is 0.692. The fourth-order valence-electron chi connectivity index (χ4n) is 1.61. The van der Waals surface area contributed by atoms with Gasteiger partial charge in [0.1, 0.15) is 11.6 Å². The van der Waals surface area contributed by atoms with Crippen molar-refractivity contribution in [3.05, 3.63) is 11.9 Å². The molecule has 1 rings (SSSR count). The van der Waals surface area contributed by atoms with Gasteiger partial charge in [0, 0.05) is 12.1 Å². The molecular formula is C13H24N4O. The zero-order valence-electron chi connectivity index (χ0n) is 12.0. The van der Waals surface area contributed by atoms with Crippen molar-refractivity contribution in [3.63, 3.8) is 0 Å². The predicted molar refractivity (Wildman–Crippen MR) is 74.2 cm³/mol. The molecule has 1 unspecified atom stereocenters. The number of nitrogens with zero attached hydrogens (tertiary/aromatic N) is 3. The van der Waals surface area contributed by atoms with Gasteiger partial charge in [-0.1, -0.05) is 0 Å². The van der Waals surface area contributed by atoms with Crippen LogP contribution in [0.3, 0.4) is 0 Å². The fourth-order valence-corrected chi connectivity index (χ4v) is 1.61. The molecule has 0 amide bonds. The number of hydrogen-bond donors (Lipinski definition) is 1. The van der Waals surface area contributed by atoms with Crippen LogP contribution in [-0.4, -0.2) is 48.2 Å². The molecule has 5 nitrogen and oxygen atoms in total. The quantitative estimate of drug-likeness (QED) is 0.803. The molecule has 0 radical (unpaired) electrons. The minimum absolute atomic E-state index is 0.371. The van der Waals surface area contributed by atoms with E-state index in [0.717, 1.165) is 24.6 Å². The summed E-state index contributed by atoms with van der Waals surface area (Å²) in [6.07, 6.45) is 1.07. The molecule has 1 aromatic rings. The van der Waals surface area contributed by atoms with Gasteiger partial charge in [-0.3, -0.25) is 0 Å². The third-order valence-corrected chi connectivity index (χ3v) is 2.51. The summed E-state index contributed by atoms with van der Waals surface area (Å²) in [6.45, 7) is 7.65. The molecule has 0 aliphatic carbocycles. The average molecular weight is 252 g/mol. The highest BCUT2D eigenvalue weighted by Gasteiger charge is 2.06. The van der Waals surface area contributed by atoms with E-state index >= 15 is 0 Å². The molecule has 0 fully saturated rings. The first-order valence-corrected chi connectivity index (χ1v) is 6.41. The zero-order valence-corrected chi connectivity index (χ0v) is 12.0. The van der Waals surface area contributed by atoms with Gasteiger partial charge in [-0.25, -0.2) is 4.98 Å². The molecule has 0 saturated carbocycles. The summed E-state index contributed by atoms with van der Waals surface area (Å²) in [6, 6.07) is 2.22. The second-order valence-electron chi connectivity index (χ2n) is 4.71. The van der Waals surface area contributed by atoms with Crippen LogP contribution in [0, 0.1) is 6.92 Å². The number of aromatic nitrogens is 2. The summed E-state index contributed by atoms with van der Waals surface area (Å²) in [5.74, 6) is 2.19. The zero-order chi connectivity index (χ0) is 13.5. The lowest BCUT2D eigenvalue weighted by atomic mass is 10.2. The van der Waals surface area contributed by atoms with E-state index in [1.54, 1.807) is 0 Å². The molecule has 5 heteroatoms. The van der Waals surface area contributed by atoms with Crippen molar-refractivity contribution in [1.82, 2.24) is 14.9 Å². The smallest absolute Gasteiger partial charge is 0.218 e. The summed E-state index contributed by atoms with van der Waals surface area (Å²) < 4.78 is 5.41. The molecule has 18 heavy (non-hydrogen) atoms. The van der Waals surface area contributed by atoms with E-state index in [1.165, 1.54) is 0 Å². The van der Waals surface area contributed by atoms with E-state index in [-0.39, 0.29) is 0 Å².